The van der Waals surface area contributed by atoms with Gasteiger partial charge in [-0.15, -0.1) is 0 Å². The molecule has 0 fully saturated rings. The van der Waals surface area contributed by atoms with Crippen LogP contribution in [0.15, 0.2) is 91.0 Å². The van der Waals surface area contributed by atoms with E-state index in [9.17, 15) is 19.7 Å². The van der Waals surface area contributed by atoms with E-state index in [4.69, 9.17) is 10.2 Å². The average Bonchev–Trinajstić information content (AvgIpc) is 2.88. The third-order valence-electron chi connectivity index (χ3n) is 5.40. The Morgan fingerprint density at radius 1 is 0.694 bits per heavy atom. The zero-order valence-corrected chi connectivity index (χ0v) is 18.7. The first-order valence-corrected chi connectivity index (χ1v) is 10.8. The molecule has 1 heterocycles. The van der Waals surface area contributed by atoms with Crippen LogP contribution in [-0.2, 0) is 6.42 Å². The van der Waals surface area contributed by atoms with E-state index < -0.39 is 16.9 Å². The third kappa shape index (κ3) is 5.15. The fourth-order valence-corrected chi connectivity index (χ4v) is 3.75. The number of aromatic carboxylic acids is 2. The molecule has 0 aliphatic heterocycles. The molecule has 5 rings (SSSR count). The number of hydrogen-bond donors (Lipinski definition) is 2. The maximum atomic E-state index is 11.2. The number of fused-ring (bicyclic) bond motifs is 2. The van der Waals surface area contributed by atoms with Crippen LogP contribution < -0.4 is 0 Å². The molecule has 0 saturated heterocycles. The summed E-state index contributed by atoms with van der Waals surface area (Å²) in [7, 11) is 0. The Balaban J connectivity index is 0.000000170. The number of nitrogens with zero attached hydrogens (tertiary/aromatic N) is 3. The standard InChI is InChI=1S/C14H11NO4.C13H8N2O2/c16-14(17)11-7-4-8-13(15(18)19)12(11)9-10-5-2-1-3-6-10;16-13(17)8-4-3-7-11-12(8)15-10-6-2-1-5-9(10)14-11/h1-8H,9H2,(H,16,17);1-7H,(H,16,17). The van der Waals surface area contributed by atoms with Gasteiger partial charge in [-0.25, -0.2) is 19.6 Å². The molecule has 0 aliphatic carbocycles. The summed E-state index contributed by atoms with van der Waals surface area (Å²) in [5.41, 5.74) is 3.55. The lowest BCUT2D eigenvalue weighted by molar-refractivity contribution is -0.385. The van der Waals surface area contributed by atoms with Gasteiger partial charge in [0.15, 0.2) is 0 Å². The van der Waals surface area contributed by atoms with E-state index in [1.807, 2.05) is 54.6 Å². The highest BCUT2D eigenvalue weighted by atomic mass is 16.6. The molecule has 0 spiro atoms. The van der Waals surface area contributed by atoms with Gasteiger partial charge in [-0.1, -0.05) is 54.6 Å². The van der Waals surface area contributed by atoms with Gasteiger partial charge in [0.1, 0.15) is 5.52 Å². The lowest BCUT2D eigenvalue weighted by Crippen LogP contribution is -2.06. The van der Waals surface area contributed by atoms with E-state index in [1.165, 1.54) is 24.3 Å². The van der Waals surface area contributed by atoms with E-state index in [0.29, 0.717) is 16.6 Å². The summed E-state index contributed by atoms with van der Waals surface area (Å²) in [4.78, 5) is 41.4. The second-order valence-electron chi connectivity index (χ2n) is 7.72. The van der Waals surface area contributed by atoms with Crippen LogP contribution in [0.25, 0.3) is 22.1 Å². The fraction of sp³-hybridized carbons (Fsp3) is 0.0370. The normalized spacial score (nSPS) is 10.4. The number of carboxylic acid groups (broad SMARTS) is 2. The summed E-state index contributed by atoms with van der Waals surface area (Å²) in [5.74, 6) is -2.14. The van der Waals surface area contributed by atoms with Gasteiger partial charge in [0.25, 0.3) is 5.69 Å². The molecule has 2 N–H and O–H groups in total. The molecular weight excluding hydrogens is 462 g/mol. The molecule has 0 radical (unpaired) electrons. The van der Waals surface area contributed by atoms with Gasteiger partial charge in [-0.2, -0.15) is 0 Å². The lowest BCUT2D eigenvalue weighted by Gasteiger charge is -2.07. The molecule has 0 bridgehead atoms. The van der Waals surface area contributed by atoms with Crippen LogP contribution in [0, 0.1) is 10.1 Å². The molecule has 5 aromatic rings. The zero-order chi connectivity index (χ0) is 25.7. The predicted octanol–water partition coefficient (Wildman–Crippen LogP) is 5.37. The topological polar surface area (TPSA) is 144 Å². The molecular formula is C27H19N3O6. The Morgan fingerprint density at radius 2 is 1.25 bits per heavy atom. The number of para-hydroxylation sites is 3. The van der Waals surface area contributed by atoms with Crippen molar-refractivity contribution in [2.45, 2.75) is 6.42 Å². The fourth-order valence-electron chi connectivity index (χ4n) is 3.75. The second kappa shape index (κ2) is 10.4. The molecule has 0 aliphatic rings. The first-order valence-electron chi connectivity index (χ1n) is 10.8. The molecule has 0 atom stereocenters. The van der Waals surface area contributed by atoms with Gasteiger partial charge in [0, 0.05) is 18.1 Å². The number of carboxylic acids is 2. The Labute approximate surface area is 204 Å². The number of aromatic nitrogens is 2. The quantitative estimate of drug-likeness (QED) is 0.194. The summed E-state index contributed by atoms with van der Waals surface area (Å²) >= 11 is 0. The maximum Gasteiger partial charge on any atom is 0.337 e. The van der Waals surface area contributed by atoms with Crippen LogP contribution in [0.2, 0.25) is 0 Å². The van der Waals surface area contributed by atoms with Crippen molar-refractivity contribution < 1.29 is 24.7 Å². The Morgan fingerprint density at radius 3 is 1.89 bits per heavy atom. The van der Waals surface area contributed by atoms with Crippen LogP contribution in [-0.4, -0.2) is 37.0 Å². The van der Waals surface area contributed by atoms with Crippen molar-refractivity contribution >= 4 is 39.7 Å². The Bertz CT molecular complexity index is 1570. The summed E-state index contributed by atoms with van der Waals surface area (Å²) in [6.07, 6.45) is 0.222. The van der Waals surface area contributed by atoms with Gasteiger partial charge in [0.2, 0.25) is 0 Å². The van der Waals surface area contributed by atoms with Crippen LogP contribution in [0.4, 0.5) is 5.69 Å². The average molecular weight is 481 g/mol. The number of hydrogen-bond acceptors (Lipinski definition) is 6. The highest BCUT2D eigenvalue weighted by Crippen LogP contribution is 2.25. The molecule has 36 heavy (non-hydrogen) atoms. The monoisotopic (exact) mass is 481 g/mol. The number of nitro benzene ring substituents is 1. The van der Waals surface area contributed by atoms with Crippen LogP contribution in [0.3, 0.4) is 0 Å². The van der Waals surface area contributed by atoms with Gasteiger partial charge in [0.05, 0.1) is 32.6 Å². The number of benzene rings is 4. The third-order valence-corrected chi connectivity index (χ3v) is 5.40. The minimum atomic E-state index is -1.16. The lowest BCUT2D eigenvalue weighted by atomic mass is 9.98. The van der Waals surface area contributed by atoms with Crippen molar-refractivity contribution in [3.63, 3.8) is 0 Å². The van der Waals surface area contributed by atoms with Crippen LogP contribution in [0.5, 0.6) is 0 Å². The van der Waals surface area contributed by atoms with Crippen molar-refractivity contribution in [2.75, 3.05) is 0 Å². The highest BCUT2D eigenvalue weighted by molar-refractivity contribution is 6.02. The Hall–Kier alpha value is -5.18. The molecule has 9 heteroatoms. The predicted molar refractivity (Wildman–Crippen MR) is 133 cm³/mol. The minimum absolute atomic E-state index is 0.0296. The van der Waals surface area contributed by atoms with Crippen molar-refractivity contribution in [3.05, 3.63) is 123 Å². The largest absolute Gasteiger partial charge is 0.478 e. The summed E-state index contributed by atoms with van der Waals surface area (Å²) in [6, 6.07) is 25.5. The number of nitro groups is 1. The molecule has 0 saturated carbocycles. The number of rotatable bonds is 5. The molecule has 4 aromatic carbocycles. The van der Waals surface area contributed by atoms with E-state index in [0.717, 1.165) is 11.1 Å². The van der Waals surface area contributed by atoms with Gasteiger partial charge in [-0.3, -0.25) is 10.1 Å². The van der Waals surface area contributed by atoms with Crippen molar-refractivity contribution in [1.29, 1.82) is 0 Å². The molecule has 1 aromatic heterocycles. The van der Waals surface area contributed by atoms with Crippen LogP contribution >= 0.6 is 0 Å². The molecule has 9 nitrogen and oxygen atoms in total. The molecule has 178 valence electrons. The summed E-state index contributed by atoms with van der Waals surface area (Å²) in [5, 5.41) is 29.2. The first-order chi connectivity index (χ1) is 17.3. The maximum absolute atomic E-state index is 11.2. The van der Waals surface area contributed by atoms with Crippen molar-refractivity contribution in [2.24, 2.45) is 0 Å². The molecule has 0 unspecified atom stereocenters. The van der Waals surface area contributed by atoms with Crippen molar-refractivity contribution in [1.82, 2.24) is 9.97 Å². The molecule has 0 amide bonds. The van der Waals surface area contributed by atoms with E-state index in [2.05, 4.69) is 9.97 Å². The second-order valence-corrected chi connectivity index (χ2v) is 7.72. The minimum Gasteiger partial charge on any atom is -0.478 e. The summed E-state index contributed by atoms with van der Waals surface area (Å²) < 4.78 is 0. The first kappa shape index (κ1) is 24.0. The van der Waals surface area contributed by atoms with Crippen LogP contribution in [0.1, 0.15) is 31.8 Å². The zero-order valence-electron chi connectivity index (χ0n) is 18.7. The van der Waals surface area contributed by atoms with Gasteiger partial charge < -0.3 is 10.2 Å². The van der Waals surface area contributed by atoms with E-state index >= 15 is 0 Å². The van der Waals surface area contributed by atoms with Gasteiger partial charge >= 0.3 is 11.9 Å². The van der Waals surface area contributed by atoms with E-state index in [-0.39, 0.29) is 28.8 Å². The number of carbonyl (C=O) groups is 2. The SMILES string of the molecule is O=C(O)c1cccc([N+](=O)[O-])c1Cc1ccccc1.O=C(O)c1cccc2nc3ccccc3nc12. The van der Waals surface area contributed by atoms with Gasteiger partial charge in [-0.05, 0) is 35.9 Å². The van der Waals surface area contributed by atoms with E-state index in [1.54, 1.807) is 12.1 Å². The highest BCUT2D eigenvalue weighted by Gasteiger charge is 2.21. The van der Waals surface area contributed by atoms with Crippen molar-refractivity contribution in [3.8, 4) is 0 Å². The Kier molecular flexibility index (Phi) is 6.92. The summed E-state index contributed by atoms with van der Waals surface area (Å²) in [6.45, 7) is 0. The smallest absolute Gasteiger partial charge is 0.337 e.